The number of aromatic nitrogens is 2. The quantitative estimate of drug-likeness (QED) is 0.577. The predicted octanol–water partition coefficient (Wildman–Crippen LogP) is -0.932. The minimum Gasteiger partial charge on any atom is -0.469 e. The van der Waals surface area contributed by atoms with Crippen LogP contribution in [0.3, 0.4) is 0 Å². The number of hydrogen-bond acceptors (Lipinski definition) is 5. The van der Waals surface area contributed by atoms with Gasteiger partial charge in [-0.05, 0) is 0 Å². The van der Waals surface area contributed by atoms with Crippen LogP contribution >= 0.6 is 0 Å². The van der Waals surface area contributed by atoms with E-state index in [0.717, 1.165) is 0 Å². The Balaban J connectivity index is 2.90. The molecule has 0 saturated carbocycles. The van der Waals surface area contributed by atoms with Crippen molar-refractivity contribution in [3.8, 4) is 0 Å². The van der Waals surface area contributed by atoms with Gasteiger partial charge in [-0.25, -0.2) is 9.78 Å². The number of H-pyrrole nitrogens is 1. The van der Waals surface area contributed by atoms with Crippen molar-refractivity contribution in [2.24, 2.45) is 0 Å². The molecule has 6 nitrogen and oxygen atoms in total. The van der Waals surface area contributed by atoms with Crippen LogP contribution in [0.2, 0.25) is 0 Å². The molecule has 0 amide bonds. The number of aromatic amines is 1. The zero-order chi connectivity index (χ0) is 9.84. The fourth-order valence-electron chi connectivity index (χ4n) is 0.802. The Bertz CT molecular complexity index is 371. The second-order valence-electron chi connectivity index (χ2n) is 2.38. The molecule has 13 heavy (non-hydrogen) atoms. The van der Waals surface area contributed by atoms with Crippen molar-refractivity contribution in [3.05, 3.63) is 22.2 Å². The average molecular weight is 183 g/mol. The number of hydrogen-bond donors (Lipinski definition) is 2. The molecule has 3 N–H and O–H groups in total. The van der Waals surface area contributed by atoms with Crippen molar-refractivity contribution in [2.45, 2.75) is 6.42 Å². The Morgan fingerprint density at radius 1 is 1.77 bits per heavy atom. The summed E-state index contributed by atoms with van der Waals surface area (Å²) < 4.78 is 4.43. The van der Waals surface area contributed by atoms with Crippen LogP contribution in [0.1, 0.15) is 5.56 Å². The lowest BCUT2D eigenvalue weighted by molar-refractivity contribution is -0.139. The van der Waals surface area contributed by atoms with Gasteiger partial charge in [-0.1, -0.05) is 0 Å². The van der Waals surface area contributed by atoms with Crippen molar-refractivity contribution in [3.63, 3.8) is 0 Å². The molecule has 0 aliphatic carbocycles. The van der Waals surface area contributed by atoms with Crippen molar-refractivity contribution in [1.29, 1.82) is 0 Å². The van der Waals surface area contributed by atoms with Gasteiger partial charge in [0.05, 0.1) is 13.5 Å². The molecule has 0 unspecified atom stereocenters. The number of carbonyl (C=O) groups excluding carboxylic acids is 1. The first kappa shape index (κ1) is 9.24. The van der Waals surface area contributed by atoms with E-state index in [9.17, 15) is 9.59 Å². The van der Waals surface area contributed by atoms with E-state index in [-0.39, 0.29) is 12.2 Å². The molecule has 0 aromatic carbocycles. The number of rotatable bonds is 2. The summed E-state index contributed by atoms with van der Waals surface area (Å²) in [6.45, 7) is 0. The lowest BCUT2D eigenvalue weighted by atomic mass is 10.2. The molecule has 70 valence electrons. The highest BCUT2D eigenvalue weighted by atomic mass is 16.5. The van der Waals surface area contributed by atoms with Crippen LogP contribution in [-0.2, 0) is 16.0 Å². The summed E-state index contributed by atoms with van der Waals surface area (Å²) >= 11 is 0. The van der Waals surface area contributed by atoms with E-state index in [1.165, 1.54) is 13.3 Å². The van der Waals surface area contributed by atoms with Gasteiger partial charge < -0.3 is 10.5 Å². The molecule has 0 radical (unpaired) electrons. The van der Waals surface area contributed by atoms with E-state index < -0.39 is 11.7 Å². The SMILES string of the molecule is COC(=O)Cc1cnc(=O)[nH]c1N. The zero-order valence-corrected chi connectivity index (χ0v) is 7.03. The highest BCUT2D eigenvalue weighted by Crippen LogP contribution is 2.04. The van der Waals surface area contributed by atoms with Crippen molar-refractivity contribution in [2.75, 3.05) is 12.8 Å². The number of nitrogen functional groups attached to an aromatic ring is 1. The van der Waals surface area contributed by atoms with Gasteiger partial charge in [-0.15, -0.1) is 0 Å². The molecule has 1 aromatic heterocycles. The van der Waals surface area contributed by atoms with Crippen LogP contribution < -0.4 is 11.4 Å². The minimum absolute atomic E-state index is 0.00606. The van der Waals surface area contributed by atoms with Crippen molar-refractivity contribution < 1.29 is 9.53 Å². The smallest absolute Gasteiger partial charge is 0.346 e. The van der Waals surface area contributed by atoms with Crippen LogP contribution in [0.5, 0.6) is 0 Å². The molecule has 0 atom stereocenters. The maximum atomic E-state index is 10.8. The second-order valence-corrected chi connectivity index (χ2v) is 2.38. The van der Waals surface area contributed by atoms with Gasteiger partial charge in [0, 0.05) is 11.8 Å². The lowest BCUT2D eigenvalue weighted by Gasteiger charge is -2.01. The molecule has 0 saturated heterocycles. The first-order valence-electron chi connectivity index (χ1n) is 3.54. The summed E-state index contributed by atoms with van der Waals surface area (Å²) in [6, 6.07) is 0. The first-order valence-corrected chi connectivity index (χ1v) is 3.54. The number of methoxy groups -OCH3 is 1. The fraction of sp³-hybridized carbons (Fsp3) is 0.286. The minimum atomic E-state index is -0.536. The summed E-state index contributed by atoms with van der Waals surface area (Å²) in [7, 11) is 1.28. The molecular weight excluding hydrogens is 174 g/mol. The van der Waals surface area contributed by atoms with E-state index in [0.29, 0.717) is 5.56 Å². The topological polar surface area (TPSA) is 98.1 Å². The Morgan fingerprint density at radius 2 is 2.46 bits per heavy atom. The molecular formula is C7H9N3O3. The molecule has 0 spiro atoms. The Morgan fingerprint density at radius 3 is 3.00 bits per heavy atom. The van der Waals surface area contributed by atoms with E-state index in [1.54, 1.807) is 0 Å². The van der Waals surface area contributed by atoms with Crippen LogP contribution in [-0.4, -0.2) is 23.0 Å². The van der Waals surface area contributed by atoms with E-state index >= 15 is 0 Å². The normalized spacial score (nSPS) is 9.62. The molecule has 0 fully saturated rings. The average Bonchev–Trinajstić information content (AvgIpc) is 2.09. The number of carbonyl (C=O) groups is 1. The van der Waals surface area contributed by atoms with Gasteiger partial charge in [0.2, 0.25) is 0 Å². The molecule has 0 aliphatic rings. The molecule has 0 aliphatic heterocycles. The first-order chi connectivity index (χ1) is 6.13. The molecule has 1 rings (SSSR count). The number of esters is 1. The largest absolute Gasteiger partial charge is 0.469 e. The van der Waals surface area contributed by atoms with Gasteiger partial charge in [0.25, 0.3) is 0 Å². The number of nitrogens with one attached hydrogen (secondary N) is 1. The lowest BCUT2D eigenvalue weighted by Crippen LogP contribution is -2.16. The van der Waals surface area contributed by atoms with Crippen LogP contribution in [0.25, 0.3) is 0 Å². The van der Waals surface area contributed by atoms with Crippen molar-refractivity contribution >= 4 is 11.8 Å². The fourth-order valence-corrected chi connectivity index (χ4v) is 0.802. The van der Waals surface area contributed by atoms with Gasteiger partial charge in [0.15, 0.2) is 0 Å². The van der Waals surface area contributed by atoms with E-state index in [2.05, 4.69) is 14.7 Å². The number of anilines is 1. The second kappa shape index (κ2) is 3.70. The molecule has 0 bridgehead atoms. The van der Waals surface area contributed by atoms with Crippen LogP contribution in [0.4, 0.5) is 5.82 Å². The predicted molar refractivity (Wildman–Crippen MR) is 45.0 cm³/mol. The zero-order valence-electron chi connectivity index (χ0n) is 7.03. The van der Waals surface area contributed by atoms with E-state index in [4.69, 9.17) is 5.73 Å². The van der Waals surface area contributed by atoms with Crippen molar-refractivity contribution in [1.82, 2.24) is 9.97 Å². The molecule has 1 aromatic rings. The summed E-state index contributed by atoms with van der Waals surface area (Å²) in [5.74, 6) is -0.286. The molecule has 6 heteroatoms. The monoisotopic (exact) mass is 183 g/mol. The number of ether oxygens (including phenoxy) is 1. The summed E-state index contributed by atoms with van der Waals surface area (Å²) in [5.41, 5.74) is 5.34. The summed E-state index contributed by atoms with van der Waals surface area (Å²) in [6.07, 6.45) is 1.26. The van der Waals surface area contributed by atoms with Gasteiger partial charge in [0.1, 0.15) is 5.82 Å². The maximum Gasteiger partial charge on any atom is 0.346 e. The number of nitrogens with two attached hydrogens (primary N) is 1. The Hall–Kier alpha value is -1.85. The Labute approximate surface area is 73.7 Å². The third-order valence-corrected chi connectivity index (χ3v) is 1.49. The van der Waals surface area contributed by atoms with Crippen LogP contribution in [0, 0.1) is 0 Å². The highest BCUT2D eigenvalue weighted by Gasteiger charge is 2.06. The van der Waals surface area contributed by atoms with Gasteiger partial charge >= 0.3 is 11.7 Å². The Kier molecular flexibility index (Phi) is 2.63. The van der Waals surface area contributed by atoms with E-state index in [1.807, 2.05) is 0 Å². The third kappa shape index (κ3) is 2.29. The van der Waals surface area contributed by atoms with Gasteiger partial charge in [-0.2, -0.15) is 0 Å². The maximum absolute atomic E-state index is 10.8. The highest BCUT2D eigenvalue weighted by molar-refractivity contribution is 5.73. The van der Waals surface area contributed by atoms with Crippen LogP contribution in [0.15, 0.2) is 11.0 Å². The third-order valence-electron chi connectivity index (χ3n) is 1.49. The summed E-state index contributed by atoms with van der Waals surface area (Å²) in [4.78, 5) is 27.2. The standard InChI is InChI=1S/C7H9N3O3/c1-13-5(11)2-4-3-9-7(12)10-6(4)8/h3H,2H2,1H3,(H3,8,9,10,12). The van der Waals surface area contributed by atoms with Gasteiger partial charge in [-0.3, -0.25) is 9.78 Å². The summed E-state index contributed by atoms with van der Waals surface area (Å²) in [5, 5.41) is 0. The molecule has 1 heterocycles. The number of nitrogens with zero attached hydrogens (tertiary/aromatic N) is 1.